The molecule has 5 rings (SSSR count). The highest BCUT2D eigenvalue weighted by Gasteiger charge is 2.37. The van der Waals surface area contributed by atoms with Crippen LogP contribution in [0.15, 0.2) is 71.7 Å². The van der Waals surface area contributed by atoms with Crippen LogP contribution in [0.2, 0.25) is 0 Å². The van der Waals surface area contributed by atoms with Gasteiger partial charge in [0.25, 0.3) is 0 Å². The number of amides is 2. The van der Waals surface area contributed by atoms with Crippen LogP contribution in [0.4, 0.5) is 11.4 Å². The minimum Gasteiger partial charge on any atom is -0.490 e. The quantitative estimate of drug-likeness (QED) is 0.294. The summed E-state index contributed by atoms with van der Waals surface area (Å²) in [5.41, 5.74) is 5.15. The third-order valence-corrected chi connectivity index (χ3v) is 8.17. The highest BCUT2D eigenvalue weighted by molar-refractivity contribution is 6.24. The number of nitrogens with zero attached hydrogens (tertiary/aromatic N) is 3. The third-order valence-electron chi connectivity index (χ3n) is 8.17. The lowest BCUT2D eigenvalue weighted by Gasteiger charge is -2.32. The minimum absolute atomic E-state index is 0.124. The first kappa shape index (κ1) is 30.3. The Hall–Kier alpha value is -4.17. The summed E-state index contributed by atoms with van der Waals surface area (Å²) in [6.45, 7) is 7.72. The van der Waals surface area contributed by atoms with Gasteiger partial charge in [0.1, 0.15) is 5.92 Å². The summed E-state index contributed by atoms with van der Waals surface area (Å²) >= 11 is 0. The van der Waals surface area contributed by atoms with Crippen molar-refractivity contribution in [3.8, 4) is 11.5 Å². The summed E-state index contributed by atoms with van der Waals surface area (Å²) in [5.74, 6) is 0.914. The second-order valence-corrected chi connectivity index (χ2v) is 11.3. The van der Waals surface area contributed by atoms with Gasteiger partial charge in [0, 0.05) is 38.3 Å². The molecular formula is C35H42N4O4. The van der Waals surface area contributed by atoms with Crippen molar-refractivity contribution in [2.24, 2.45) is 10.9 Å². The van der Waals surface area contributed by atoms with E-state index >= 15 is 0 Å². The lowest BCUT2D eigenvalue weighted by Crippen LogP contribution is -2.40. The molecule has 3 aromatic rings. The molecule has 0 radical (unpaired) electrons. The predicted octanol–water partition coefficient (Wildman–Crippen LogP) is 5.68. The summed E-state index contributed by atoms with van der Waals surface area (Å²) in [5, 5.41) is 3.04. The molecule has 2 aliphatic heterocycles. The van der Waals surface area contributed by atoms with Crippen molar-refractivity contribution < 1.29 is 19.1 Å². The van der Waals surface area contributed by atoms with Crippen LogP contribution in [0.3, 0.4) is 0 Å². The van der Waals surface area contributed by atoms with Gasteiger partial charge in [0.15, 0.2) is 11.5 Å². The molecule has 1 N–H and O–H groups in total. The smallest absolute Gasteiger partial charge is 0.238 e. The van der Waals surface area contributed by atoms with Gasteiger partial charge in [-0.3, -0.25) is 14.6 Å². The number of likely N-dealkylation sites (tertiary alicyclic amines) is 1. The fourth-order valence-corrected chi connectivity index (χ4v) is 5.91. The molecule has 2 amide bonds. The van der Waals surface area contributed by atoms with E-state index in [1.807, 2.05) is 82.5 Å². The van der Waals surface area contributed by atoms with E-state index < -0.39 is 5.92 Å². The van der Waals surface area contributed by atoms with Gasteiger partial charge in [0.05, 0.1) is 24.6 Å². The standard InChI is InChI=1S/C35H42N4O4/c1-5-42-30-22-28-29(23-31(30)43-6-2)37-34(40)32(28)33(25-10-8-7-9-11-25)36-27-14-12-24(13-15-27)16-19-39-20-17-26(18-21-39)35(41)38(3)4/h7-15,22-23,26,32H,5-6,16-21H2,1-4H3,(H,37,40). The SMILES string of the molecule is CCOc1cc2c(cc1OCC)C(C(=Nc1ccc(CCN3CCC(C(=O)N(C)C)CC3)cc1)c1ccccc1)C(=O)N2. The van der Waals surface area contributed by atoms with Crippen LogP contribution in [0.1, 0.15) is 49.3 Å². The van der Waals surface area contributed by atoms with Crippen molar-refractivity contribution >= 4 is 28.9 Å². The Balaban J connectivity index is 1.35. The fraction of sp³-hybridized carbons (Fsp3) is 0.400. The van der Waals surface area contributed by atoms with Crippen LogP contribution >= 0.6 is 0 Å². The number of carbonyl (C=O) groups excluding carboxylic acids is 2. The van der Waals surface area contributed by atoms with Gasteiger partial charge in [-0.2, -0.15) is 0 Å². The Morgan fingerprint density at radius 3 is 2.23 bits per heavy atom. The lowest BCUT2D eigenvalue weighted by atomic mass is 9.90. The van der Waals surface area contributed by atoms with Crippen molar-refractivity contribution in [3.05, 3.63) is 83.4 Å². The summed E-state index contributed by atoms with van der Waals surface area (Å²) in [6, 6.07) is 21.9. The number of hydrogen-bond acceptors (Lipinski definition) is 6. The largest absolute Gasteiger partial charge is 0.490 e. The topological polar surface area (TPSA) is 83.5 Å². The molecule has 226 valence electrons. The summed E-state index contributed by atoms with van der Waals surface area (Å²) in [7, 11) is 3.67. The second kappa shape index (κ2) is 13.9. The molecule has 2 heterocycles. The van der Waals surface area contributed by atoms with Gasteiger partial charge >= 0.3 is 0 Å². The number of hydrogen-bond donors (Lipinski definition) is 1. The number of benzene rings is 3. The first-order chi connectivity index (χ1) is 20.9. The van der Waals surface area contributed by atoms with Gasteiger partial charge in [-0.1, -0.05) is 42.5 Å². The Labute approximate surface area is 254 Å². The van der Waals surface area contributed by atoms with E-state index in [0.29, 0.717) is 30.4 Å². The average molecular weight is 583 g/mol. The van der Waals surface area contributed by atoms with Gasteiger partial charge < -0.3 is 24.6 Å². The van der Waals surface area contributed by atoms with Gasteiger partial charge in [0.2, 0.25) is 11.8 Å². The van der Waals surface area contributed by atoms with E-state index in [1.165, 1.54) is 5.56 Å². The highest BCUT2D eigenvalue weighted by atomic mass is 16.5. The fourth-order valence-electron chi connectivity index (χ4n) is 5.91. The molecule has 0 aliphatic carbocycles. The number of nitrogens with one attached hydrogen (secondary N) is 1. The zero-order valence-corrected chi connectivity index (χ0v) is 25.6. The molecule has 8 nitrogen and oxygen atoms in total. The molecule has 0 bridgehead atoms. The minimum atomic E-state index is -0.589. The first-order valence-corrected chi connectivity index (χ1v) is 15.3. The molecule has 2 aliphatic rings. The van der Waals surface area contributed by atoms with Crippen LogP contribution in [0, 0.1) is 5.92 Å². The van der Waals surface area contributed by atoms with Gasteiger partial charge in [-0.25, -0.2) is 0 Å². The average Bonchev–Trinajstić information content (AvgIpc) is 3.34. The maximum absolute atomic E-state index is 13.5. The van der Waals surface area contributed by atoms with Gasteiger partial charge in [-0.05, 0) is 81.1 Å². The molecule has 0 aromatic heterocycles. The number of piperidine rings is 1. The molecule has 0 spiro atoms. The number of ether oxygens (including phenoxy) is 2. The van der Waals surface area contributed by atoms with Crippen LogP contribution in [-0.4, -0.2) is 74.3 Å². The molecule has 8 heteroatoms. The van der Waals surface area contributed by atoms with Crippen molar-refractivity contribution in [3.63, 3.8) is 0 Å². The molecule has 1 saturated heterocycles. The zero-order chi connectivity index (χ0) is 30.3. The summed E-state index contributed by atoms with van der Waals surface area (Å²) < 4.78 is 11.7. The highest BCUT2D eigenvalue weighted by Crippen LogP contribution is 2.43. The first-order valence-electron chi connectivity index (χ1n) is 15.3. The Bertz CT molecular complexity index is 1440. The molecule has 1 unspecified atom stereocenters. The zero-order valence-electron chi connectivity index (χ0n) is 25.6. The molecule has 1 fully saturated rings. The number of aliphatic imine (C=N–C) groups is 1. The molecule has 43 heavy (non-hydrogen) atoms. The number of rotatable bonds is 11. The summed E-state index contributed by atoms with van der Waals surface area (Å²) in [4.78, 5) is 35.0. The van der Waals surface area contributed by atoms with Crippen LogP contribution in [-0.2, 0) is 16.0 Å². The van der Waals surface area contributed by atoms with Crippen LogP contribution < -0.4 is 14.8 Å². The molecule has 1 atom stereocenters. The van der Waals surface area contributed by atoms with Crippen molar-refractivity contribution in [1.82, 2.24) is 9.80 Å². The molecular weight excluding hydrogens is 540 g/mol. The Morgan fingerprint density at radius 1 is 0.953 bits per heavy atom. The van der Waals surface area contributed by atoms with Crippen LogP contribution in [0.25, 0.3) is 0 Å². The van der Waals surface area contributed by atoms with Crippen LogP contribution in [0.5, 0.6) is 11.5 Å². The number of anilines is 1. The molecule has 0 saturated carbocycles. The number of fused-ring (bicyclic) bond motifs is 1. The normalized spacial score (nSPS) is 17.3. The number of carbonyl (C=O) groups is 2. The monoisotopic (exact) mass is 582 g/mol. The summed E-state index contributed by atoms with van der Waals surface area (Å²) in [6.07, 6.45) is 2.77. The van der Waals surface area contributed by atoms with Gasteiger partial charge in [-0.15, -0.1) is 0 Å². The predicted molar refractivity (Wildman–Crippen MR) is 171 cm³/mol. The maximum atomic E-state index is 13.5. The van der Waals surface area contributed by atoms with E-state index in [-0.39, 0.29) is 17.7 Å². The third kappa shape index (κ3) is 7.08. The van der Waals surface area contributed by atoms with Crippen molar-refractivity contribution in [1.29, 1.82) is 0 Å². The van der Waals surface area contributed by atoms with E-state index in [2.05, 4.69) is 22.3 Å². The Morgan fingerprint density at radius 2 is 1.60 bits per heavy atom. The lowest BCUT2D eigenvalue weighted by molar-refractivity contribution is -0.134. The van der Waals surface area contributed by atoms with E-state index in [1.54, 1.807) is 4.90 Å². The van der Waals surface area contributed by atoms with E-state index in [0.717, 1.165) is 61.4 Å². The van der Waals surface area contributed by atoms with E-state index in [4.69, 9.17) is 14.5 Å². The van der Waals surface area contributed by atoms with E-state index in [9.17, 15) is 9.59 Å². The second-order valence-electron chi connectivity index (χ2n) is 11.3. The molecule has 3 aromatic carbocycles. The van der Waals surface area contributed by atoms with Crippen molar-refractivity contribution in [2.45, 2.75) is 39.0 Å². The Kier molecular flexibility index (Phi) is 9.77. The maximum Gasteiger partial charge on any atom is 0.238 e. The van der Waals surface area contributed by atoms with Crippen molar-refractivity contribution in [2.75, 3.05) is 52.3 Å².